The third-order valence-corrected chi connectivity index (χ3v) is 3.88. The molecule has 0 aliphatic rings. The Morgan fingerprint density at radius 3 is 3.10 bits per heavy atom. The Labute approximate surface area is 116 Å². The lowest BCUT2D eigenvalue weighted by Crippen LogP contribution is -1.94. The van der Waals surface area contributed by atoms with Crippen LogP contribution >= 0.6 is 11.3 Å². The van der Waals surface area contributed by atoms with E-state index in [0.29, 0.717) is 0 Å². The molecule has 0 fully saturated rings. The maximum atomic E-state index is 11.3. The predicted molar refractivity (Wildman–Crippen MR) is 79.6 cm³/mol. The first-order valence-corrected chi connectivity index (χ1v) is 6.79. The number of rotatable bonds is 2. The maximum Gasteiger partial charge on any atom is 0.305 e. The Morgan fingerprint density at radius 1 is 1.20 bits per heavy atom. The van der Waals surface area contributed by atoms with E-state index < -0.39 is 0 Å². The van der Waals surface area contributed by atoms with Gasteiger partial charge >= 0.3 is 4.87 Å². The van der Waals surface area contributed by atoms with E-state index >= 15 is 0 Å². The predicted octanol–water partition coefficient (Wildman–Crippen LogP) is 2.60. The summed E-state index contributed by atoms with van der Waals surface area (Å²) in [5.74, 6) is 0.735. The van der Waals surface area contributed by atoms with Crippen molar-refractivity contribution in [1.29, 1.82) is 0 Å². The number of aromatic nitrogens is 4. The number of aromatic amines is 2. The van der Waals surface area contributed by atoms with E-state index in [2.05, 4.69) is 25.3 Å². The Balaban J connectivity index is 1.80. The number of hydrogen-bond acceptors (Lipinski definition) is 5. The molecule has 0 saturated carbocycles. The van der Waals surface area contributed by atoms with E-state index in [-0.39, 0.29) is 4.87 Å². The lowest BCUT2D eigenvalue weighted by molar-refractivity contribution is 1.20. The number of fused-ring (bicyclic) bond motifs is 2. The fraction of sp³-hybridized carbons (Fsp3) is 0. The third kappa shape index (κ3) is 1.76. The van der Waals surface area contributed by atoms with E-state index in [1.807, 2.05) is 30.5 Å². The van der Waals surface area contributed by atoms with Crippen molar-refractivity contribution in [3.05, 3.63) is 46.5 Å². The average Bonchev–Trinajstić information content (AvgIpc) is 3.03. The molecule has 0 aliphatic carbocycles. The Hall–Kier alpha value is -2.67. The van der Waals surface area contributed by atoms with E-state index in [1.165, 1.54) is 17.7 Å². The molecule has 3 heterocycles. The van der Waals surface area contributed by atoms with Crippen LogP contribution in [0, 0.1) is 0 Å². The molecule has 0 saturated heterocycles. The van der Waals surface area contributed by atoms with Crippen molar-refractivity contribution in [3.8, 4) is 0 Å². The zero-order chi connectivity index (χ0) is 13.5. The molecule has 0 spiro atoms. The number of nitrogens with zero attached hydrogens (tertiary/aromatic N) is 2. The van der Waals surface area contributed by atoms with Gasteiger partial charge in [0.25, 0.3) is 0 Å². The lowest BCUT2D eigenvalue weighted by Gasteiger charge is -2.06. The molecule has 7 heteroatoms. The summed E-state index contributed by atoms with van der Waals surface area (Å²) in [4.78, 5) is 25.5. The summed E-state index contributed by atoms with van der Waals surface area (Å²) in [6.45, 7) is 0. The molecule has 0 bridgehead atoms. The van der Waals surface area contributed by atoms with Gasteiger partial charge in [-0.15, -0.1) is 0 Å². The van der Waals surface area contributed by atoms with Gasteiger partial charge in [0.15, 0.2) is 0 Å². The smallest absolute Gasteiger partial charge is 0.305 e. The van der Waals surface area contributed by atoms with Gasteiger partial charge in [-0.05, 0) is 24.3 Å². The zero-order valence-electron chi connectivity index (χ0n) is 10.2. The molecule has 0 amide bonds. The van der Waals surface area contributed by atoms with Crippen molar-refractivity contribution in [2.45, 2.75) is 0 Å². The molecule has 4 rings (SSSR count). The van der Waals surface area contributed by atoms with Crippen LogP contribution in [0.4, 0.5) is 11.5 Å². The normalized spacial score (nSPS) is 11.2. The van der Waals surface area contributed by atoms with Gasteiger partial charge in [0, 0.05) is 11.9 Å². The lowest BCUT2D eigenvalue weighted by atomic mass is 10.3. The van der Waals surface area contributed by atoms with Gasteiger partial charge in [0.2, 0.25) is 0 Å². The summed E-state index contributed by atoms with van der Waals surface area (Å²) in [7, 11) is 0. The van der Waals surface area contributed by atoms with Crippen LogP contribution < -0.4 is 10.2 Å². The van der Waals surface area contributed by atoms with Crippen LogP contribution in [-0.4, -0.2) is 19.9 Å². The van der Waals surface area contributed by atoms with Crippen LogP contribution in [0.1, 0.15) is 0 Å². The van der Waals surface area contributed by atoms with Crippen molar-refractivity contribution in [1.82, 2.24) is 19.9 Å². The van der Waals surface area contributed by atoms with Gasteiger partial charge in [-0.25, -0.2) is 9.97 Å². The van der Waals surface area contributed by atoms with Crippen molar-refractivity contribution in [2.75, 3.05) is 5.32 Å². The first kappa shape index (κ1) is 11.2. The maximum absolute atomic E-state index is 11.3. The SMILES string of the molecule is O=c1[nH]c2ccc(Nc3ncnc4[nH]ccc34)cc2s1. The fourth-order valence-corrected chi connectivity index (χ4v) is 2.91. The second-order valence-corrected chi connectivity index (χ2v) is 5.33. The van der Waals surface area contributed by atoms with Crippen molar-refractivity contribution >= 4 is 44.1 Å². The summed E-state index contributed by atoms with van der Waals surface area (Å²) < 4.78 is 0.916. The van der Waals surface area contributed by atoms with Crippen LogP contribution in [0.15, 0.2) is 41.6 Å². The zero-order valence-corrected chi connectivity index (χ0v) is 11.0. The number of hydrogen-bond donors (Lipinski definition) is 3. The quantitative estimate of drug-likeness (QED) is 0.528. The van der Waals surface area contributed by atoms with Gasteiger partial charge < -0.3 is 15.3 Å². The molecule has 3 aromatic heterocycles. The minimum Gasteiger partial charge on any atom is -0.346 e. The summed E-state index contributed by atoms with van der Waals surface area (Å²) in [5.41, 5.74) is 2.52. The summed E-state index contributed by atoms with van der Waals surface area (Å²) in [6, 6.07) is 7.64. The number of anilines is 2. The number of thiazole rings is 1. The van der Waals surface area contributed by atoms with Gasteiger partial charge in [-0.3, -0.25) is 4.79 Å². The van der Waals surface area contributed by atoms with E-state index in [1.54, 1.807) is 0 Å². The molecule has 0 radical (unpaired) electrons. The van der Waals surface area contributed by atoms with Gasteiger partial charge in [-0.2, -0.15) is 0 Å². The molecule has 1 aromatic carbocycles. The van der Waals surface area contributed by atoms with Crippen molar-refractivity contribution in [3.63, 3.8) is 0 Å². The van der Waals surface area contributed by atoms with Crippen LogP contribution in [0.3, 0.4) is 0 Å². The molecular weight excluding hydrogens is 274 g/mol. The fourth-order valence-electron chi connectivity index (χ4n) is 2.13. The van der Waals surface area contributed by atoms with Crippen LogP contribution in [0.25, 0.3) is 21.3 Å². The Morgan fingerprint density at radius 2 is 2.15 bits per heavy atom. The molecule has 0 atom stereocenters. The molecule has 3 N–H and O–H groups in total. The second kappa shape index (κ2) is 4.17. The Bertz CT molecular complexity index is 967. The summed E-state index contributed by atoms with van der Waals surface area (Å²) in [6.07, 6.45) is 3.33. The first-order valence-electron chi connectivity index (χ1n) is 5.97. The monoisotopic (exact) mass is 283 g/mol. The molecule has 0 unspecified atom stereocenters. The molecule has 20 heavy (non-hydrogen) atoms. The number of nitrogens with one attached hydrogen (secondary N) is 3. The van der Waals surface area contributed by atoms with Gasteiger partial charge in [0.05, 0.1) is 15.6 Å². The van der Waals surface area contributed by atoms with E-state index in [0.717, 1.165) is 32.8 Å². The largest absolute Gasteiger partial charge is 0.346 e. The standard InChI is InChI=1S/C13H9N5OS/c19-13-18-9-2-1-7(5-10(9)20-13)17-12-8-3-4-14-11(8)15-6-16-12/h1-6H,(H,18,19)(H2,14,15,16,17). The summed E-state index contributed by atoms with van der Waals surface area (Å²) >= 11 is 1.19. The van der Waals surface area contributed by atoms with Crippen molar-refractivity contribution < 1.29 is 0 Å². The molecule has 0 aliphatic heterocycles. The minimum atomic E-state index is -0.0489. The van der Waals surface area contributed by atoms with Crippen LogP contribution in [-0.2, 0) is 0 Å². The van der Waals surface area contributed by atoms with Crippen LogP contribution in [0.2, 0.25) is 0 Å². The minimum absolute atomic E-state index is 0.0489. The second-order valence-electron chi connectivity index (χ2n) is 4.31. The molecule has 4 aromatic rings. The van der Waals surface area contributed by atoms with E-state index in [4.69, 9.17) is 0 Å². The average molecular weight is 283 g/mol. The van der Waals surface area contributed by atoms with Gasteiger partial charge in [-0.1, -0.05) is 11.3 Å². The summed E-state index contributed by atoms with van der Waals surface area (Å²) in [5, 5.41) is 4.18. The topological polar surface area (TPSA) is 86.5 Å². The molecular formula is C13H9N5OS. The van der Waals surface area contributed by atoms with Crippen molar-refractivity contribution in [2.24, 2.45) is 0 Å². The highest BCUT2D eigenvalue weighted by Gasteiger charge is 2.06. The first-order chi connectivity index (χ1) is 9.79. The Kier molecular flexibility index (Phi) is 2.33. The number of benzene rings is 1. The molecule has 98 valence electrons. The molecule has 6 nitrogen and oxygen atoms in total. The van der Waals surface area contributed by atoms with Gasteiger partial charge in [0.1, 0.15) is 17.8 Å². The third-order valence-electron chi connectivity index (χ3n) is 3.04. The number of H-pyrrole nitrogens is 2. The highest BCUT2D eigenvalue weighted by molar-refractivity contribution is 7.16. The van der Waals surface area contributed by atoms with E-state index in [9.17, 15) is 4.79 Å². The van der Waals surface area contributed by atoms with Crippen LogP contribution in [0.5, 0.6) is 0 Å². The highest BCUT2D eigenvalue weighted by Crippen LogP contribution is 2.25. The highest BCUT2D eigenvalue weighted by atomic mass is 32.1.